The smallest absolute Gasteiger partial charge is 0.292 e. The average Bonchev–Trinajstić information content (AvgIpc) is 3.15. The number of β-amino-alcohol motifs (C(OH)–C–C–N with tert-alkyl or cyclic N) is 1. The standard InChI is InChI=1S/C21H21N5O3/c22-18-6-3-15(12-20(18)26(28)29)19-7-9-23-21(24-19)11-14-1-4-16(5-2-14)25-10-8-17(27)13-25/h1-7,9,12,17,27H,8,10-11,13,22H2. The quantitative estimate of drug-likeness (QED) is 0.390. The first-order valence-corrected chi connectivity index (χ1v) is 9.38. The fourth-order valence-electron chi connectivity index (χ4n) is 3.49. The average molecular weight is 391 g/mol. The molecule has 1 fully saturated rings. The molecular formula is C21H21N5O3. The summed E-state index contributed by atoms with van der Waals surface area (Å²) < 4.78 is 0. The van der Waals surface area contributed by atoms with E-state index in [9.17, 15) is 15.2 Å². The van der Waals surface area contributed by atoms with Crippen molar-refractivity contribution in [3.05, 3.63) is 76.2 Å². The van der Waals surface area contributed by atoms with Crippen molar-refractivity contribution in [1.29, 1.82) is 0 Å². The summed E-state index contributed by atoms with van der Waals surface area (Å²) in [5, 5.41) is 20.8. The first-order valence-electron chi connectivity index (χ1n) is 9.38. The molecule has 8 nitrogen and oxygen atoms in total. The summed E-state index contributed by atoms with van der Waals surface area (Å²) in [5.74, 6) is 0.631. The Hall–Kier alpha value is -3.52. The third kappa shape index (κ3) is 4.17. The van der Waals surface area contributed by atoms with Crippen LogP contribution in [0.25, 0.3) is 11.3 Å². The zero-order valence-corrected chi connectivity index (χ0v) is 15.7. The molecule has 0 aliphatic carbocycles. The molecule has 2 aromatic carbocycles. The molecule has 3 N–H and O–H groups in total. The third-order valence-electron chi connectivity index (χ3n) is 5.06. The van der Waals surface area contributed by atoms with Gasteiger partial charge in [-0.3, -0.25) is 10.1 Å². The molecule has 1 aliphatic heterocycles. The van der Waals surface area contributed by atoms with Gasteiger partial charge >= 0.3 is 0 Å². The van der Waals surface area contributed by atoms with Crippen LogP contribution in [0.15, 0.2) is 54.7 Å². The van der Waals surface area contributed by atoms with Gasteiger partial charge in [-0.2, -0.15) is 0 Å². The lowest BCUT2D eigenvalue weighted by molar-refractivity contribution is -0.383. The van der Waals surface area contributed by atoms with Gasteiger partial charge in [-0.15, -0.1) is 0 Å². The Morgan fingerprint density at radius 1 is 1.21 bits per heavy atom. The number of nitrogens with two attached hydrogens (primary N) is 1. The monoisotopic (exact) mass is 391 g/mol. The fraction of sp³-hybridized carbons (Fsp3) is 0.238. The molecule has 4 rings (SSSR count). The van der Waals surface area contributed by atoms with Gasteiger partial charge in [0.2, 0.25) is 0 Å². The molecule has 0 radical (unpaired) electrons. The third-order valence-corrected chi connectivity index (χ3v) is 5.06. The van der Waals surface area contributed by atoms with E-state index >= 15 is 0 Å². The van der Waals surface area contributed by atoms with E-state index in [0.29, 0.717) is 30.0 Å². The second kappa shape index (κ2) is 7.84. The Bertz CT molecular complexity index is 1040. The van der Waals surface area contributed by atoms with Crippen LogP contribution in [0.3, 0.4) is 0 Å². The van der Waals surface area contributed by atoms with Crippen molar-refractivity contribution in [1.82, 2.24) is 9.97 Å². The highest BCUT2D eigenvalue weighted by atomic mass is 16.6. The van der Waals surface area contributed by atoms with E-state index < -0.39 is 4.92 Å². The molecule has 1 aliphatic rings. The van der Waals surface area contributed by atoms with Gasteiger partial charge in [0.25, 0.3) is 5.69 Å². The van der Waals surface area contributed by atoms with E-state index in [2.05, 4.69) is 14.9 Å². The van der Waals surface area contributed by atoms with Gasteiger partial charge < -0.3 is 15.7 Å². The summed E-state index contributed by atoms with van der Waals surface area (Å²) >= 11 is 0. The summed E-state index contributed by atoms with van der Waals surface area (Å²) in [6.45, 7) is 1.53. The molecule has 1 saturated heterocycles. The van der Waals surface area contributed by atoms with Crippen molar-refractivity contribution < 1.29 is 10.0 Å². The van der Waals surface area contributed by atoms with Crippen molar-refractivity contribution in [2.45, 2.75) is 18.9 Å². The van der Waals surface area contributed by atoms with Crippen LogP contribution in [0.5, 0.6) is 0 Å². The molecule has 3 aromatic rings. The number of aliphatic hydroxyl groups is 1. The molecule has 1 aromatic heterocycles. The molecule has 0 spiro atoms. The second-order valence-corrected chi connectivity index (χ2v) is 7.12. The van der Waals surface area contributed by atoms with Crippen molar-refractivity contribution in [3.8, 4) is 11.3 Å². The lowest BCUT2D eigenvalue weighted by Gasteiger charge is -2.18. The number of hydrogen-bond donors (Lipinski definition) is 2. The zero-order valence-electron chi connectivity index (χ0n) is 15.7. The largest absolute Gasteiger partial charge is 0.393 e. The van der Waals surface area contributed by atoms with Crippen molar-refractivity contribution >= 4 is 17.1 Å². The Labute approximate surface area is 167 Å². The normalized spacial score (nSPS) is 16.2. The number of rotatable bonds is 5. The molecular weight excluding hydrogens is 370 g/mol. The van der Waals surface area contributed by atoms with Crippen molar-refractivity contribution in [2.24, 2.45) is 0 Å². The van der Waals surface area contributed by atoms with E-state index in [1.807, 2.05) is 24.3 Å². The van der Waals surface area contributed by atoms with Gasteiger partial charge in [-0.1, -0.05) is 18.2 Å². The Kier molecular flexibility index (Phi) is 5.09. The topological polar surface area (TPSA) is 118 Å². The van der Waals surface area contributed by atoms with Crippen LogP contribution in [-0.2, 0) is 6.42 Å². The molecule has 1 unspecified atom stereocenters. The summed E-state index contributed by atoms with van der Waals surface area (Å²) in [5.41, 5.74) is 9.05. The maximum Gasteiger partial charge on any atom is 0.292 e. The minimum atomic E-state index is -0.498. The van der Waals surface area contributed by atoms with Gasteiger partial charge in [0.05, 0.1) is 16.7 Å². The Morgan fingerprint density at radius 3 is 2.69 bits per heavy atom. The first kappa shape index (κ1) is 18.8. The lowest BCUT2D eigenvalue weighted by atomic mass is 10.1. The molecule has 0 amide bonds. The number of benzene rings is 2. The fourth-order valence-corrected chi connectivity index (χ4v) is 3.49. The predicted octanol–water partition coefficient (Wildman–Crippen LogP) is 2.80. The molecule has 0 saturated carbocycles. The van der Waals surface area contributed by atoms with Crippen molar-refractivity contribution in [3.63, 3.8) is 0 Å². The maximum atomic E-state index is 11.1. The van der Waals surface area contributed by atoms with Gasteiger partial charge in [-0.25, -0.2) is 9.97 Å². The number of anilines is 2. The SMILES string of the molecule is Nc1ccc(-c2ccnc(Cc3ccc(N4CCC(O)C4)cc3)n2)cc1[N+](=O)[O-]. The van der Waals surface area contributed by atoms with E-state index in [1.54, 1.807) is 18.3 Å². The number of nitrogen functional groups attached to an aromatic ring is 1. The van der Waals surface area contributed by atoms with E-state index in [4.69, 9.17) is 5.73 Å². The number of aromatic nitrogens is 2. The van der Waals surface area contributed by atoms with Crippen molar-refractivity contribution in [2.75, 3.05) is 23.7 Å². The molecule has 2 heterocycles. The first-order chi connectivity index (χ1) is 14.0. The van der Waals surface area contributed by atoms with Gasteiger partial charge in [0, 0.05) is 43.0 Å². The minimum absolute atomic E-state index is 0.124. The van der Waals surface area contributed by atoms with Crippen LogP contribution >= 0.6 is 0 Å². The van der Waals surface area contributed by atoms with Gasteiger partial charge in [0.1, 0.15) is 11.5 Å². The lowest BCUT2D eigenvalue weighted by Crippen LogP contribution is -2.20. The van der Waals surface area contributed by atoms with Gasteiger partial charge in [-0.05, 0) is 36.2 Å². The number of nitrogens with zero attached hydrogens (tertiary/aromatic N) is 4. The van der Waals surface area contributed by atoms with Crippen LogP contribution in [0.4, 0.5) is 17.1 Å². The highest BCUT2D eigenvalue weighted by molar-refractivity contribution is 5.70. The molecule has 29 heavy (non-hydrogen) atoms. The van der Waals surface area contributed by atoms with Crippen LogP contribution in [0.2, 0.25) is 0 Å². The minimum Gasteiger partial charge on any atom is -0.393 e. The second-order valence-electron chi connectivity index (χ2n) is 7.12. The van der Waals surface area contributed by atoms with Crippen LogP contribution in [-0.4, -0.2) is 39.2 Å². The zero-order chi connectivity index (χ0) is 20.4. The van der Waals surface area contributed by atoms with E-state index in [0.717, 1.165) is 24.2 Å². The highest BCUT2D eigenvalue weighted by Crippen LogP contribution is 2.28. The summed E-state index contributed by atoms with van der Waals surface area (Å²) in [6.07, 6.45) is 2.74. The molecule has 8 heteroatoms. The molecule has 1 atom stereocenters. The summed E-state index contributed by atoms with van der Waals surface area (Å²) in [4.78, 5) is 21.7. The van der Waals surface area contributed by atoms with E-state index in [-0.39, 0.29) is 17.5 Å². The highest BCUT2D eigenvalue weighted by Gasteiger charge is 2.20. The van der Waals surface area contributed by atoms with Crippen LogP contribution in [0.1, 0.15) is 17.8 Å². The summed E-state index contributed by atoms with van der Waals surface area (Å²) in [6, 6.07) is 14.5. The van der Waals surface area contributed by atoms with Crippen LogP contribution < -0.4 is 10.6 Å². The number of nitro benzene ring substituents is 1. The number of nitro groups is 1. The predicted molar refractivity (Wildman–Crippen MR) is 111 cm³/mol. The maximum absolute atomic E-state index is 11.1. The Morgan fingerprint density at radius 2 is 2.00 bits per heavy atom. The van der Waals surface area contributed by atoms with Gasteiger partial charge in [0.15, 0.2) is 0 Å². The summed E-state index contributed by atoms with van der Waals surface area (Å²) in [7, 11) is 0. The van der Waals surface area contributed by atoms with E-state index in [1.165, 1.54) is 12.1 Å². The molecule has 0 bridgehead atoms. The number of hydrogen-bond acceptors (Lipinski definition) is 7. The van der Waals surface area contributed by atoms with Crippen LogP contribution in [0, 0.1) is 10.1 Å². The molecule has 148 valence electrons. The Balaban J connectivity index is 1.52. The number of aliphatic hydroxyl groups excluding tert-OH is 1.